The molecule has 0 bridgehead atoms. The van der Waals surface area contributed by atoms with Gasteiger partial charge in [-0.2, -0.15) is 0 Å². The summed E-state index contributed by atoms with van der Waals surface area (Å²) in [6.45, 7) is 4.05. The van der Waals surface area contributed by atoms with E-state index in [1.807, 2.05) is 0 Å². The Hall–Kier alpha value is -4.22. The lowest BCUT2D eigenvalue weighted by molar-refractivity contribution is -0.161. The molecule has 0 rings (SSSR count). The smallest absolute Gasteiger partial charge is 0.306 e. The van der Waals surface area contributed by atoms with E-state index < -0.39 is 6.10 Å². The molecule has 0 aliphatic carbocycles. The maximum atomic E-state index is 12.4. The van der Waals surface area contributed by atoms with Gasteiger partial charge in [0.1, 0.15) is 6.61 Å². The summed E-state index contributed by atoms with van der Waals surface area (Å²) in [5, 5.41) is 9.74. The molecule has 1 unspecified atom stereocenters. The molecule has 0 saturated carbocycles. The molecular weight excluding hydrogens is 1170 g/mol. The van der Waals surface area contributed by atoms with Crippen molar-refractivity contribution in [3.8, 4) is 0 Å². The Labute approximate surface area is 597 Å². The van der Waals surface area contributed by atoms with E-state index in [9.17, 15) is 14.7 Å². The van der Waals surface area contributed by atoms with Crippen LogP contribution < -0.4 is 0 Å². The molecule has 550 valence electrons. The van der Waals surface area contributed by atoms with Crippen LogP contribution in [0.3, 0.4) is 0 Å². The Morgan fingerprint density at radius 2 is 0.448 bits per heavy atom. The Morgan fingerprint density at radius 1 is 0.250 bits per heavy atom. The van der Waals surface area contributed by atoms with Crippen LogP contribution in [0.2, 0.25) is 0 Å². The molecule has 5 nitrogen and oxygen atoms in total. The lowest BCUT2D eigenvalue weighted by atomic mass is 10.0. The number of unbranched alkanes of at least 4 members (excludes halogenated alkanes) is 44. The predicted molar refractivity (Wildman–Crippen MR) is 426 cm³/mol. The summed E-state index contributed by atoms with van der Waals surface area (Å²) >= 11 is 0. The lowest BCUT2D eigenvalue weighted by Gasteiger charge is -2.15. The maximum Gasteiger partial charge on any atom is 0.306 e. The molecule has 0 amide bonds. The van der Waals surface area contributed by atoms with Gasteiger partial charge in [0, 0.05) is 12.8 Å². The van der Waals surface area contributed by atoms with Gasteiger partial charge in [-0.1, -0.05) is 410 Å². The number of esters is 2. The zero-order chi connectivity index (χ0) is 69.0. The fraction of sp³-hybridized carbons (Fsp3) is 0.714. The molecule has 0 aliphatic heterocycles. The van der Waals surface area contributed by atoms with Gasteiger partial charge in [0.25, 0.3) is 0 Å². The van der Waals surface area contributed by atoms with Crippen molar-refractivity contribution in [3.63, 3.8) is 0 Å². The van der Waals surface area contributed by atoms with Crippen LogP contribution in [0.5, 0.6) is 0 Å². The van der Waals surface area contributed by atoms with Crippen molar-refractivity contribution in [1.82, 2.24) is 0 Å². The van der Waals surface area contributed by atoms with E-state index in [1.165, 1.54) is 263 Å². The number of aliphatic hydroxyl groups excluding tert-OH is 1. The number of hydrogen-bond acceptors (Lipinski definition) is 5. The third-order valence-electron chi connectivity index (χ3n) is 18.1. The summed E-state index contributed by atoms with van der Waals surface area (Å²) in [5.41, 5.74) is 0. The first-order valence-corrected chi connectivity index (χ1v) is 41.4. The molecule has 0 aliphatic rings. The van der Waals surface area contributed by atoms with Gasteiger partial charge < -0.3 is 14.6 Å². The molecular formula is C91H156O5. The van der Waals surface area contributed by atoms with Gasteiger partial charge in [0.05, 0.1) is 6.61 Å². The summed E-state index contributed by atoms with van der Waals surface area (Å²) in [4.78, 5) is 24.7. The average Bonchev–Trinajstić information content (AvgIpc) is 3.79. The van der Waals surface area contributed by atoms with E-state index in [-0.39, 0.29) is 25.2 Å². The fourth-order valence-corrected chi connectivity index (χ4v) is 12.0. The highest BCUT2D eigenvalue weighted by atomic mass is 16.6. The van der Waals surface area contributed by atoms with E-state index in [0.29, 0.717) is 12.8 Å². The van der Waals surface area contributed by atoms with Gasteiger partial charge in [-0.3, -0.25) is 9.59 Å². The van der Waals surface area contributed by atoms with E-state index in [1.54, 1.807) is 0 Å². The fourth-order valence-electron chi connectivity index (χ4n) is 12.0. The first-order chi connectivity index (χ1) is 47.6. The zero-order valence-corrected chi connectivity index (χ0v) is 63.4. The molecule has 0 aromatic rings. The first kappa shape index (κ1) is 91.8. The monoisotopic (exact) mass is 1330 g/mol. The van der Waals surface area contributed by atoms with E-state index in [0.717, 1.165) is 109 Å². The van der Waals surface area contributed by atoms with Crippen LogP contribution in [-0.4, -0.2) is 36.4 Å². The lowest BCUT2D eigenvalue weighted by Crippen LogP contribution is -2.28. The Kier molecular flexibility index (Phi) is 81.3. The topological polar surface area (TPSA) is 72.8 Å². The standard InChI is InChI=1S/C91H156O5/c1-3-5-7-9-11-13-15-17-19-21-23-25-27-29-31-33-35-37-39-41-43-45-47-49-51-53-55-57-59-61-63-65-67-69-71-73-75-77-79-81-83-85-90(93)95-88-89(87-92)96-91(94)86-84-82-80-78-76-74-72-70-68-66-64-62-60-58-56-54-52-50-48-46-44-42-40-38-36-34-32-30-28-26-24-22-20-18-16-14-12-10-8-6-4-2/h6,8,12,14-15,17-18,20-21,23-24,26,30,32,36,38,42,44,48,50,54,56,60,62,89,92H,3-5,7,9-11,13,16,19,22,25,27-29,31,33-35,37,39-41,43,45-47,49,51-53,55,57-59,61,63-88H2,1-2H3/b8-6-,14-12-,17-15-,20-18-,23-21-,26-24-,32-30-,38-36-,44-42-,50-48-,56-54-,62-60-. The van der Waals surface area contributed by atoms with E-state index in [4.69, 9.17) is 9.47 Å². The number of carbonyl (C=O) groups excluding carboxylic acids is 2. The second kappa shape index (κ2) is 85.0. The first-order valence-electron chi connectivity index (χ1n) is 41.4. The number of rotatable bonds is 76. The van der Waals surface area contributed by atoms with Gasteiger partial charge in [0.15, 0.2) is 6.10 Å². The Morgan fingerprint density at radius 3 is 0.677 bits per heavy atom. The number of hydrogen-bond donors (Lipinski definition) is 1. The minimum Gasteiger partial charge on any atom is -0.462 e. The molecule has 96 heavy (non-hydrogen) atoms. The number of ether oxygens (including phenoxy) is 2. The summed E-state index contributed by atoms with van der Waals surface area (Å²) in [6, 6.07) is 0. The maximum absolute atomic E-state index is 12.4. The molecule has 1 N–H and O–H groups in total. The summed E-state index contributed by atoms with van der Waals surface area (Å²) in [7, 11) is 0. The van der Waals surface area contributed by atoms with Crippen LogP contribution in [0.4, 0.5) is 0 Å². The van der Waals surface area contributed by atoms with Crippen molar-refractivity contribution < 1.29 is 24.2 Å². The highest BCUT2D eigenvalue weighted by Crippen LogP contribution is 2.19. The minimum absolute atomic E-state index is 0.0700. The van der Waals surface area contributed by atoms with Crippen molar-refractivity contribution in [2.45, 2.75) is 405 Å². The average molecular weight is 1330 g/mol. The zero-order valence-electron chi connectivity index (χ0n) is 63.4. The van der Waals surface area contributed by atoms with Gasteiger partial charge >= 0.3 is 11.9 Å². The summed E-state index contributed by atoms with van der Waals surface area (Å²) < 4.78 is 10.8. The van der Waals surface area contributed by atoms with Gasteiger partial charge in [-0.15, -0.1) is 0 Å². The van der Waals surface area contributed by atoms with Crippen molar-refractivity contribution in [2.75, 3.05) is 13.2 Å². The SMILES string of the molecule is CC/C=C\C/C=C\C/C=C\C/C=C\C/C=C\C/C=C\C/C=C\C/C=C\C/C=C\C/C=C\CCCCCCCCCCCCC(=O)OC(CO)COC(=O)CCCCCCCCCCCCCCCCCCCCCCCCCCCCCCC/C=C\C/C=C\CCCCCCC. The van der Waals surface area contributed by atoms with Crippen LogP contribution in [-0.2, 0) is 19.1 Å². The highest BCUT2D eigenvalue weighted by Gasteiger charge is 2.16. The van der Waals surface area contributed by atoms with Crippen LogP contribution in [0.25, 0.3) is 0 Å². The molecule has 5 heteroatoms. The van der Waals surface area contributed by atoms with Gasteiger partial charge in [0.2, 0.25) is 0 Å². The second-order valence-electron chi connectivity index (χ2n) is 27.5. The van der Waals surface area contributed by atoms with Crippen LogP contribution in [0.1, 0.15) is 399 Å². The predicted octanol–water partition coefficient (Wildman–Crippen LogP) is 29.6. The molecule has 0 saturated heterocycles. The largest absolute Gasteiger partial charge is 0.462 e. The summed E-state index contributed by atoms with van der Waals surface area (Å²) in [5.74, 6) is -0.585. The van der Waals surface area contributed by atoms with Crippen molar-refractivity contribution in [1.29, 1.82) is 0 Å². The van der Waals surface area contributed by atoms with E-state index >= 15 is 0 Å². The van der Waals surface area contributed by atoms with Crippen molar-refractivity contribution >= 4 is 11.9 Å². The number of allylic oxidation sites excluding steroid dienone is 24. The molecule has 0 spiro atoms. The van der Waals surface area contributed by atoms with E-state index in [2.05, 4.69) is 160 Å². The highest BCUT2D eigenvalue weighted by molar-refractivity contribution is 5.70. The minimum atomic E-state index is -0.783. The van der Waals surface area contributed by atoms with Gasteiger partial charge in [-0.25, -0.2) is 0 Å². The van der Waals surface area contributed by atoms with Gasteiger partial charge in [-0.05, 0) is 122 Å². The summed E-state index contributed by atoms with van der Waals surface area (Å²) in [6.07, 6.45) is 128. The Bertz CT molecular complexity index is 1950. The Balaban J connectivity index is 3.47. The van der Waals surface area contributed by atoms with Crippen molar-refractivity contribution in [3.05, 3.63) is 146 Å². The third-order valence-corrected chi connectivity index (χ3v) is 18.1. The molecule has 1 atom stereocenters. The quantitative estimate of drug-likeness (QED) is 0.0373. The molecule has 0 aromatic heterocycles. The molecule has 0 fully saturated rings. The molecule has 0 heterocycles. The normalized spacial score (nSPS) is 13.0. The molecule has 0 aromatic carbocycles. The molecule has 0 radical (unpaired) electrons. The third kappa shape index (κ3) is 82.2. The van der Waals surface area contributed by atoms with Crippen LogP contribution in [0.15, 0.2) is 146 Å². The van der Waals surface area contributed by atoms with Crippen molar-refractivity contribution in [2.24, 2.45) is 0 Å². The second-order valence-corrected chi connectivity index (χ2v) is 27.5. The number of carbonyl (C=O) groups is 2. The van der Waals surface area contributed by atoms with Crippen LogP contribution >= 0.6 is 0 Å². The van der Waals surface area contributed by atoms with Crippen LogP contribution in [0, 0.1) is 0 Å². The number of aliphatic hydroxyl groups is 1.